The van der Waals surface area contributed by atoms with E-state index in [0.717, 1.165) is 31.7 Å². The largest absolute Gasteiger partial charge is 0.378 e. The third-order valence-corrected chi connectivity index (χ3v) is 3.68. The van der Waals surface area contributed by atoms with Gasteiger partial charge in [0.15, 0.2) is 0 Å². The standard InChI is InChI=1S/C14H25N3O/c1-4-15-14(8-7-12-6-5-9-18-12)13-10-17(3)16-11(13)2/h10,12,14-15H,4-9H2,1-3H3. The Bertz CT molecular complexity index is 369. The summed E-state index contributed by atoms with van der Waals surface area (Å²) in [5, 5.41) is 8.01. The molecule has 18 heavy (non-hydrogen) atoms. The lowest BCUT2D eigenvalue weighted by atomic mass is 10.00. The number of ether oxygens (including phenoxy) is 1. The van der Waals surface area contributed by atoms with Gasteiger partial charge in [0.2, 0.25) is 0 Å². The van der Waals surface area contributed by atoms with Gasteiger partial charge in [0, 0.05) is 31.5 Å². The van der Waals surface area contributed by atoms with E-state index in [0.29, 0.717) is 12.1 Å². The smallest absolute Gasteiger partial charge is 0.0641 e. The topological polar surface area (TPSA) is 39.1 Å². The molecule has 2 unspecified atom stereocenters. The van der Waals surface area contributed by atoms with Crippen LogP contribution in [0.2, 0.25) is 0 Å². The molecule has 1 saturated heterocycles. The summed E-state index contributed by atoms with van der Waals surface area (Å²) in [6.45, 7) is 6.18. The number of hydrogen-bond donors (Lipinski definition) is 1. The minimum Gasteiger partial charge on any atom is -0.378 e. The normalized spacial score (nSPS) is 21.4. The SMILES string of the molecule is CCNC(CCC1CCCO1)c1cn(C)nc1C. The summed E-state index contributed by atoms with van der Waals surface area (Å²) in [4.78, 5) is 0. The van der Waals surface area contributed by atoms with Gasteiger partial charge in [0.05, 0.1) is 11.8 Å². The summed E-state index contributed by atoms with van der Waals surface area (Å²) in [5.74, 6) is 0. The zero-order valence-electron chi connectivity index (χ0n) is 11.8. The molecule has 102 valence electrons. The fourth-order valence-corrected chi connectivity index (χ4v) is 2.80. The van der Waals surface area contributed by atoms with Crippen LogP contribution in [0, 0.1) is 6.92 Å². The summed E-state index contributed by atoms with van der Waals surface area (Å²) >= 11 is 0. The summed E-state index contributed by atoms with van der Waals surface area (Å²) in [7, 11) is 1.99. The van der Waals surface area contributed by atoms with Crippen LogP contribution in [-0.2, 0) is 11.8 Å². The average molecular weight is 251 g/mol. The van der Waals surface area contributed by atoms with Crippen LogP contribution in [0.25, 0.3) is 0 Å². The van der Waals surface area contributed by atoms with E-state index in [2.05, 4.69) is 30.5 Å². The molecule has 0 aromatic carbocycles. The average Bonchev–Trinajstić information content (AvgIpc) is 2.94. The molecule has 0 bridgehead atoms. The van der Waals surface area contributed by atoms with Gasteiger partial charge in [-0.15, -0.1) is 0 Å². The van der Waals surface area contributed by atoms with Crippen molar-refractivity contribution in [1.29, 1.82) is 0 Å². The Morgan fingerprint density at radius 3 is 3.00 bits per heavy atom. The maximum Gasteiger partial charge on any atom is 0.0641 e. The Morgan fingerprint density at radius 1 is 1.61 bits per heavy atom. The first-order chi connectivity index (χ1) is 8.70. The van der Waals surface area contributed by atoms with E-state index in [-0.39, 0.29) is 0 Å². The van der Waals surface area contributed by atoms with Gasteiger partial charge in [-0.1, -0.05) is 6.92 Å². The van der Waals surface area contributed by atoms with Crippen LogP contribution >= 0.6 is 0 Å². The molecule has 1 aromatic rings. The Kier molecular flexibility index (Phi) is 4.78. The van der Waals surface area contributed by atoms with Crippen molar-refractivity contribution in [1.82, 2.24) is 15.1 Å². The van der Waals surface area contributed by atoms with Crippen molar-refractivity contribution in [3.63, 3.8) is 0 Å². The van der Waals surface area contributed by atoms with Crippen molar-refractivity contribution in [2.45, 2.75) is 51.7 Å². The van der Waals surface area contributed by atoms with Crippen molar-refractivity contribution in [2.24, 2.45) is 7.05 Å². The molecule has 0 radical (unpaired) electrons. The number of aryl methyl sites for hydroxylation is 2. The van der Waals surface area contributed by atoms with Crippen molar-refractivity contribution >= 4 is 0 Å². The summed E-state index contributed by atoms with van der Waals surface area (Å²) in [6, 6.07) is 0.410. The molecule has 1 N–H and O–H groups in total. The highest BCUT2D eigenvalue weighted by atomic mass is 16.5. The van der Waals surface area contributed by atoms with E-state index in [4.69, 9.17) is 4.74 Å². The van der Waals surface area contributed by atoms with Crippen LogP contribution in [0.1, 0.15) is 49.9 Å². The molecule has 2 rings (SSSR count). The Labute approximate surface area is 110 Å². The second-order valence-corrected chi connectivity index (χ2v) is 5.17. The molecule has 0 amide bonds. The van der Waals surface area contributed by atoms with Gasteiger partial charge in [-0.25, -0.2) is 0 Å². The van der Waals surface area contributed by atoms with E-state index in [1.165, 1.54) is 18.4 Å². The first-order valence-corrected chi connectivity index (χ1v) is 7.05. The van der Waals surface area contributed by atoms with Gasteiger partial charge in [-0.2, -0.15) is 5.10 Å². The quantitative estimate of drug-likeness (QED) is 0.843. The molecule has 4 nitrogen and oxygen atoms in total. The summed E-state index contributed by atoms with van der Waals surface area (Å²) in [6.07, 6.45) is 7.34. The second kappa shape index (κ2) is 6.34. The Hall–Kier alpha value is -0.870. The molecule has 0 aliphatic carbocycles. The van der Waals surface area contributed by atoms with Gasteiger partial charge < -0.3 is 10.1 Å². The number of nitrogens with zero attached hydrogens (tertiary/aromatic N) is 2. The van der Waals surface area contributed by atoms with Crippen molar-refractivity contribution in [3.05, 3.63) is 17.5 Å². The molecule has 1 aliphatic rings. The number of nitrogens with one attached hydrogen (secondary N) is 1. The zero-order chi connectivity index (χ0) is 13.0. The lowest BCUT2D eigenvalue weighted by molar-refractivity contribution is 0.0996. The minimum absolute atomic E-state index is 0.410. The van der Waals surface area contributed by atoms with Crippen LogP contribution in [0.4, 0.5) is 0 Å². The van der Waals surface area contributed by atoms with Gasteiger partial charge in [-0.05, 0) is 39.2 Å². The molecule has 4 heteroatoms. The van der Waals surface area contributed by atoms with Crippen LogP contribution in [0.15, 0.2) is 6.20 Å². The molecule has 0 saturated carbocycles. The highest BCUT2D eigenvalue weighted by Crippen LogP contribution is 2.25. The van der Waals surface area contributed by atoms with Crippen molar-refractivity contribution in [2.75, 3.05) is 13.2 Å². The fraction of sp³-hybridized carbons (Fsp3) is 0.786. The van der Waals surface area contributed by atoms with E-state index < -0.39 is 0 Å². The van der Waals surface area contributed by atoms with E-state index in [1.807, 2.05) is 11.7 Å². The Balaban J connectivity index is 1.96. The molecule has 0 spiro atoms. The van der Waals surface area contributed by atoms with Gasteiger partial charge >= 0.3 is 0 Å². The zero-order valence-corrected chi connectivity index (χ0v) is 11.8. The highest BCUT2D eigenvalue weighted by Gasteiger charge is 2.20. The predicted molar refractivity (Wildman–Crippen MR) is 72.6 cm³/mol. The number of hydrogen-bond acceptors (Lipinski definition) is 3. The first-order valence-electron chi connectivity index (χ1n) is 7.05. The Morgan fingerprint density at radius 2 is 2.44 bits per heavy atom. The maximum atomic E-state index is 5.70. The monoisotopic (exact) mass is 251 g/mol. The van der Waals surface area contributed by atoms with Crippen LogP contribution < -0.4 is 5.32 Å². The van der Waals surface area contributed by atoms with E-state index in [1.54, 1.807) is 0 Å². The molecule has 1 aromatic heterocycles. The van der Waals surface area contributed by atoms with E-state index >= 15 is 0 Å². The third kappa shape index (κ3) is 3.33. The molecular weight excluding hydrogens is 226 g/mol. The lowest BCUT2D eigenvalue weighted by Crippen LogP contribution is -2.22. The van der Waals surface area contributed by atoms with Crippen LogP contribution in [0.5, 0.6) is 0 Å². The van der Waals surface area contributed by atoms with Crippen LogP contribution in [-0.4, -0.2) is 29.0 Å². The molecule has 1 aliphatic heterocycles. The second-order valence-electron chi connectivity index (χ2n) is 5.17. The molecule has 2 atom stereocenters. The molecule has 2 heterocycles. The van der Waals surface area contributed by atoms with E-state index in [9.17, 15) is 0 Å². The lowest BCUT2D eigenvalue weighted by Gasteiger charge is -2.19. The number of rotatable bonds is 6. The highest BCUT2D eigenvalue weighted by molar-refractivity contribution is 5.20. The molecule has 1 fully saturated rings. The van der Waals surface area contributed by atoms with Crippen molar-refractivity contribution < 1.29 is 4.74 Å². The van der Waals surface area contributed by atoms with Gasteiger partial charge in [-0.3, -0.25) is 4.68 Å². The predicted octanol–water partition coefficient (Wildman–Crippen LogP) is 2.34. The third-order valence-electron chi connectivity index (χ3n) is 3.68. The first kappa shape index (κ1) is 13.6. The fourth-order valence-electron chi connectivity index (χ4n) is 2.80. The maximum absolute atomic E-state index is 5.70. The van der Waals surface area contributed by atoms with Gasteiger partial charge in [0.1, 0.15) is 0 Å². The molecular formula is C14H25N3O. The number of aromatic nitrogens is 2. The minimum atomic E-state index is 0.410. The van der Waals surface area contributed by atoms with Crippen molar-refractivity contribution in [3.8, 4) is 0 Å². The van der Waals surface area contributed by atoms with Gasteiger partial charge in [0.25, 0.3) is 0 Å². The summed E-state index contributed by atoms with van der Waals surface area (Å²) < 4.78 is 7.61. The van der Waals surface area contributed by atoms with Crippen LogP contribution in [0.3, 0.4) is 0 Å². The summed E-state index contributed by atoms with van der Waals surface area (Å²) in [5.41, 5.74) is 2.47.